The first-order valence-electron chi connectivity index (χ1n) is 4.08. The fraction of sp³-hybridized carbons (Fsp3) is 0.556. The van der Waals surface area contributed by atoms with E-state index in [2.05, 4.69) is 36.3 Å². The number of allylic oxidation sites excluding steroid dienone is 2. The summed E-state index contributed by atoms with van der Waals surface area (Å²) in [5, 5.41) is 4.52. The van der Waals surface area contributed by atoms with Crippen LogP contribution in [0.2, 0.25) is 0 Å². The third-order valence-electron chi connectivity index (χ3n) is 2.52. The number of fused-ring (bicyclic) bond motifs is 1. The fourth-order valence-corrected chi connectivity index (χ4v) is 1.67. The molecule has 0 aromatic rings. The van der Waals surface area contributed by atoms with E-state index in [9.17, 15) is 0 Å². The lowest BCUT2D eigenvalue weighted by molar-refractivity contribution is 0.0356. The van der Waals surface area contributed by atoms with Crippen LogP contribution in [0.3, 0.4) is 0 Å². The van der Waals surface area contributed by atoms with E-state index in [1.165, 1.54) is 11.1 Å². The van der Waals surface area contributed by atoms with Crippen LogP contribution in [0.25, 0.3) is 0 Å². The summed E-state index contributed by atoms with van der Waals surface area (Å²) in [6, 6.07) is 0. The minimum atomic E-state index is 1.09. The van der Waals surface area contributed by atoms with Crippen LogP contribution in [0, 0.1) is 0 Å². The highest BCUT2D eigenvalue weighted by Gasteiger charge is 2.21. The van der Waals surface area contributed by atoms with E-state index in [1.807, 2.05) is 0 Å². The van der Waals surface area contributed by atoms with E-state index < -0.39 is 0 Å². The minimum Gasteiger partial charge on any atom is -0.240 e. The first-order chi connectivity index (χ1) is 5.27. The van der Waals surface area contributed by atoms with Crippen LogP contribution < -0.4 is 0 Å². The Morgan fingerprint density at radius 2 is 1.45 bits per heavy atom. The third kappa shape index (κ3) is 1.12. The molecule has 0 bridgehead atoms. The van der Waals surface area contributed by atoms with Crippen molar-refractivity contribution in [1.29, 1.82) is 0 Å². The van der Waals surface area contributed by atoms with E-state index in [4.69, 9.17) is 0 Å². The molecule has 0 aromatic heterocycles. The van der Waals surface area contributed by atoms with Gasteiger partial charge in [-0.1, -0.05) is 12.2 Å². The second-order valence-electron chi connectivity index (χ2n) is 3.33. The molecule has 2 heteroatoms. The Morgan fingerprint density at radius 1 is 1.00 bits per heavy atom. The summed E-state index contributed by atoms with van der Waals surface area (Å²) in [6.07, 6.45) is 5.81. The van der Waals surface area contributed by atoms with Crippen molar-refractivity contribution in [2.45, 2.75) is 6.42 Å². The van der Waals surface area contributed by atoms with Crippen LogP contribution in [0.4, 0.5) is 0 Å². The fourth-order valence-electron chi connectivity index (χ4n) is 1.67. The Hall–Kier alpha value is -0.600. The van der Waals surface area contributed by atoms with Gasteiger partial charge in [0.25, 0.3) is 0 Å². The average Bonchev–Trinajstić information content (AvgIpc) is 2.36. The molecule has 11 heavy (non-hydrogen) atoms. The summed E-state index contributed by atoms with van der Waals surface area (Å²) in [6.45, 7) is 2.17. The molecule has 2 nitrogen and oxygen atoms in total. The number of hydrogen-bond donors (Lipinski definition) is 0. The van der Waals surface area contributed by atoms with E-state index in [-0.39, 0.29) is 0 Å². The molecule has 0 amide bonds. The molecular formula is C9H14N2. The maximum absolute atomic E-state index is 2.33. The summed E-state index contributed by atoms with van der Waals surface area (Å²) >= 11 is 0. The standard InChI is InChI=1S/C9H14N2/c1-10-6-8-4-3-5-9(8)7-11(10)2/h4-5H,3,6-7H2,1-2H3. The van der Waals surface area contributed by atoms with Crippen LogP contribution in [-0.4, -0.2) is 37.2 Å². The Kier molecular flexibility index (Phi) is 1.59. The van der Waals surface area contributed by atoms with E-state index in [1.54, 1.807) is 0 Å². The molecule has 0 unspecified atom stereocenters. The van der Waals surface area contributed by atoms with E-state index >= 15 is 0 Å². The van der Waals surface area contributed by atoms with Crippen molar-refractivity contribution < 1.29 is 0 Å². The van der Waals surface area contributed by atoms with Gasteiger partial charge in [0.1, 0.15) is 0 Å². The lowest BCUT2D eigenvalue weighted by Gasteiger charge is -2.35. The van der Waals surface area contributed by atoms with Gasteiger partial charge in [0.2, 0.25) is 0 Å². The molecule has 1 saturated heterocycles. The van der Waals surface area contributed by atoms with Gasteiger partial charge in [-0.3, -0.25) is 0 Å². The first kappa shape index (κ1) is 7.07. The Bertz CT molecular complexity index is 204. The van der Waals surface area contributed by atoms with Crippen molar-refractivity contribution in [3.8, 4) is 0 Å². The van der Waals surface area contributed by atoms with Crippen molar-refractivity contribution in [3.63, 3.8) is 0 Å². The molecule has 0 N–H and O–H groups in total. The molecule has 0 radical (unpaired) electrons. The summed E-state index contributed by atoms with van der Waals surface area (Å²) < 4.78 is 0. The number of hydrazine groups is 1. The summed E-state index contributed by atoms with van der Waals surface area (Å²) in [7, 11) is 4.27. The van der Waals surface area contributed by atoms with E-state index in [0.29, 0.717) is 0 Å². The summed E-state index contributed by atoms with van der Waals surface area (Å²) in [5.41, 5.74) is 3.07. The van der Waals surface area contributed by atoms with Gasteiger partial charge in [0.15, 0.2) is 0 Å². The van der Waals surface area contributed by atoms with Crippen LogP contribution in [0.5, 0.6) is 0 Å². The van der Waals surface area contributed by atoms with Gasteiger partial charge in [-0.15, -0.1) is 0 Å². The number of rotatable bonds is 0. The highest BCUT2D eigenvalue weighted by molar-refractivity contribution is 5.40. The molecule has 2 rings (SSSR count). The first-order valence-corrected chi connectivity index (χ1v) is 4.08. The average molecular weight is 150 g/mol. The topological polar surface area (TPSA) is 6.48 Å². The Labute approximate surface area is 67.8 Å². The van der Waals surface area contributed by atoms with Gasteiger partial charge in [-0.25, -0.2) is 10.0 Å². The predicted molar refractivity (Wildman–Crippen MR) is 46.0 cm³/mol. The lowest BCUT2D eigenvalue weighted by atomic mass is 10.1. The predicted octanol–water partition coefficient (Wildman–Crippen LogP) is 1.04. The number of hydrogen-bond acceptors (Lipinski definition) is 2. The zero-order valence-electron chi connectivity index (χ0n) is 7.17. The van der Waals surface area contributed by atoms with Gasteiger partial charge in [-0.2, -0.15) is 0 Å². The van der Waals surface area contributed by atoms with Crippen LogP contribution in [-0.2, 0) is 0 Å². The van der Waals surface area contributed by atoms with Crippen LogP contribution in [0.1, 0.15) is 6.42 Å². The second kappa shape index (κ2) is 2.47. The monoisotopic (exact) mass is 150 g/mol. The smallest absolute Gasteiger partial charge is 0.0381 e. The molecule has 0 atom stereocenters. The maximum Gasteiger partial charge on any atom is 0.0381 e. The van der Waals surface area contributed by atoms with Gasteiger partial charge < -0.3 is 0 Å². The van der Waals surface area contributed by atoms with Crippen molar-refractivity contribution >= 4 is 0 Å². The van der Waals surface area contributed by atoms with Gasteiger partial charge in [0.05, 0.1) is 0 Å². The van der Waals surface area contributed by atoms with Crippen molar-refractivity contribution in [2.75, 3.05) is 27.2 Å². The molecule has 0 saturated carbocycles. The van der Waals surface area contributed by atoms with Crippen molar-refractivity contribution in [3.05, 3.63) is 23.3 Å². The Balaban J connectivity index is 2.19. The SMILES string of the molecule is CN1CC2=CCC=C2CN1C. The molecular weight excluding hydrogens is 136 g/mol. The maximum atomic E-state index is 2.33. The Morgan fingerprint density at radius 3 is 1.91 bits per heavy atom. The zero-order valence-corrected chi connectivity index (χ0v) is 7.17. The molecule has 1 aliphatic heterocycles. The quantitative estimate of drug-likeness (QED) is 0.509. The molecule has 1 heterocycles. The summed E-state index contributed by atoms with van der Waals surface area (Å²) in [5.74, 6) is 0. The highest BCUT2D eigenvalue weighted by atomic mass is 15.6. The molecule has 1 aliphatic carbocycles. The van der Waals surface area contributed by atoms with Gasteiger partial charge in [0, 0.05) is 27.2 Å². The molecule has 2 aliphatic rings. The van der Waals surface area contributed by atoms with Crippen molar-refractivity contribution in [1.82, 2.24) is 10.0 Å². The van der Waals surface area contributed by atoms with Crippen LogP contribution in [0.15, 0.2) is 23.3 Å². The highest BCUT2D eigenvalue weighted by Crippen LogP contribution is 2.24. The molecule has 0 spiro atoms. The van der Waals surface area contributed by atoms with Crippen molar-refractivity contribution in [2.24, 2.45) is 0 Å². The van der Waals surface area contributed by atoms with Crippen LogP contribution >= 0.6 is 0 Å². The largest absolute Gasteiger partial charge is 0.240 e. The van der Waals surface area contributed by atoms with Gasteiger partial charge >= 0.3 is 0 Å². The second-order valence-corrected chi connectivity index (χ2v) is 3.33. The number of nitrogens with zero attached hydrogens (tertiary/aromatic N) is 2. The van der Waals surface area contributed by atoms with Gasteiger partial charge in [-0.05, 0) is 17.6 Å². The molecule has 1 fully saturated rings. The minimum absolute atomic E-state index is 1.09. The zero-order chi connectivity index (χ0) is 7.84. The van der Waals surface area contributed by atoms with E-state index in [0.717, 1.165) is 19.5 Å². The lowest BCUT2D eigenvalue weighted by Crippen LogP contribution is -2.43. The third-order valence-corrected chi connectivity index (χ3v) is 2.52. The summed E-state index contributed by atoms with van der Waals surface area (Å²) in [4.78, 5) is 0. The normalized spacial score (nSPS) is 26.4. The molecule has 60 valence electrons. The number of likely N-dealkylation sites (N-methyl/N-ethyl adjacent to an activating group) is 2. The molecule has 0 aromatic carbocycles.